The second-order valence-corrected chi connectivity index (χ2v) is 8.65. The zero-order chi connectivity index (χ0) is 25.9. The van der Waals surface area contributed by atoms with Crippen LogP contribution in [0.5, 0.6) is 0 Å². The lowest BCUT2D eigenvalue weighted by atomic mass is 10.1. The number of anilines is 1. The van der Waals surface area contributed by atoms with Crippen molar-refractivity contribution < 1.29 is 9.59 Å². The zero-order valence-electron chi connectivity index (χ0n) is 20.4. The van der Waals surface area contributed by atoms with E-state index in [9.17, 15) is 9.59 Å². The molecule has 1 saturated heterocycles. The quantitative estimate of drug-likeness (QED) is 0.435. The summed E-state index contributed by atoms with van der Waals surface area (Å²) in [5.74, 6) is 5.90. The van der Waals surface area contributed by atoms with Gasteiger partial charge in [-0.05, 0) is 56.9 Å². The lowest BCUT2D eigenvalue weighted by molar-refractivity contribution is -0.126. The number of likely N-dealkylation sites (tertiary alicyclic amines) is 1. The van der Waals surface area contributed by atoms with E-state index in [0.29, 0.717) is 23.5 Å². The first-order chi connectivity index (χ1) is 18.0. The van der Waals surface area contributed by atoms with E-state index < -0.39 is 0 Å². The number of nitrogens with zero attached hydrogens (tertiary/aromatic N) is 6. The van der Waals surface area contributed by atoms with Gasteiger partial charge in [-0.15, -0.1) is 0 Å². The van der Waals surface area contributed by atoms with E-state index in [2.05, 4.69) is 27.1 Å². The molecule has 1 aromatic carbocycles. The predicted octanol–water partition coefficient (Wildman–Crippen LogP) is 3.91. The first-order valence-electron chi connectivity index (χ1n) is 11.8. The lowest BCUT2D eigenvalue weighted by Crippen LogP contribution is -2.30. The maximum atomic E-state index is 12.7. The zero-order valence-corrected chi connectivity index (χ0v) is 20.4. The minimum absolute atomic E-state index is 0.182. The van der Waals surface area contributed by atoms with E-state index in [1.807, 2.05) is 35.7 Å². The molecular formula is C28H23N7O2. The van der Waals surface area contributed by atoms with Gasteiger partial charge in [-0.2, -0.15) is 5.26 Å². The topological polar surface area (TPSA) is 116 Å². The molecule has 0 bridgehead atoms. The molecule has 2 amide bonds. The third-order valence-electron chi connectivity index (χ3n) is 6.36. The number of carbonyl (C=O) groups excluding carboxylic acids is 2. The second-order valence-electron chi connectivity index (χ2n) is 8.65. The third-order valence-corrected chi connectivity index (χ3v) is 6.36. The number of nitriles is 1. The molecule has 1 fully saturated rings. The summed E-state index contributed by atoms with van der Waals surface area (Å²) in [7, 11) is 0. The van der Waals surface area contributed by atoms with Gasteiger partial charge in [-0.3, -0.25) is 19.0 Å². The molecule has 5 rings (SSSR count). The number of aromatic nitrogens is 4. The van der Waals surface area contributed by atoms with Gasteiger partial charge in [-0.1, -0.05) is 18.1 Å². The summed E-state index contributed by atoms with van der Waals surface area (Å²) < 4.78 is 2.00. The molecule has 0 aliphatic carbocycles. The van der Waals surface area contributed by atoms with Crippen LogP contribution < -0.4 is 5.32 Å². The average Bonchev–Trinajstić information content (AvgIpc) is 3.55. The number of pyridine rings is 1. The van der Waals surface area contributed by atoms with E-state index in [4.69, 9.17) is 10.2 Å². The first-order valence-corrected chi connectivity index (χ1v) is 11.8. The van der Waals surface area contributed by atoms with Crippen molar-refractivity contribution >= 4 is 23.1 Å². The number of fused-ring (bicyclic) bond motifs is 1. The first kappa shape index (κ1) is 23.7. The van der Waals surface area contributed by atoms with Crippen LogP contribution in [-0.2, 0) is 4.79 Å². The molecule has 1 unspecified atom stereocenters. The number of aryl methyl sites for hydroxylation is 1. The molecule has 37 heavy (non-hydrogen) atoms. The number of amides is 2. The van der Waals surface area contributed by atoms with Crippen LogP contribution in [0.2, 0.25) is 0 Å². The summed E-state index contributed by atoms with van der Waals surface area (Å²) in [6.07, 6.45) is 6.75. The number of benzene rings is 1. The molecule has 9 nitrogen and oxygen atoms in total. The number of hydrogen-bond donors (Lipinski definition) is 1. The summed E-state index contributed by atoms with van der Waals surface area (Å²) in [6.45, 7) is 4.22. The molecule has 4 heterocycles. The summed E-state index contributed by atoms with van der Waals surface area (Å²) in [5, 5.41) is 11.8. The fourth-order valence-corrected chi connectivity index (χ4v) is 4.65. The minimum Gasteiger partial charge on any atom is -0.322 e. The van der Waals surface area contributed by atoms with E-state index in [1.165, 1.54) is 12.3 Å². The normalized spacial score (nSPS) is 14.6. The standard InChI is InChI=1S/C28H23N7O2/c1-3-5-24(36)34-14-4-6-22(34)27-33-25(26-18(2)30-13-15-35(26)27)20-7-9-21(10-8-20)28(37)32-23-16-19(17-29)11-12-31-23/h7-13,15-16,22H,4,6,14H2,1-2H3,(H,31,32,37). The Bertz CT molecular complexity index is 1620. The van der Waals surface area contributed by atoms with Crippen molar-refractivity contribution in [3.05, 3.63) is 77.6 Å². The van der Waals surface area contributed by atoms with Crippen LogP contribution in [0.3, 0.4) is 0 Å². The fraction of sp³-hybridized carbons (Fsp3) is 0.214. The molecule has 1 N–H and O–H groups in total. The predicted molar refractivity (Wildman–Crippen MR) is 137 cm³/mol. The van der Waals surface area contributed by atoms with E-state index in [1.54, 1.807) is 36.2 Å². The Morgan fingerprint density at radius 3 is 2.70 bits per heavy atom. The summed E-state index contributed by atoms with van der Waals surface area (Å²) in [4.78, 5) is 40.7. The minimum atomic E-state index is -0.334. The molecule has 9 heteroatoms. The smallest absolute Gasteiger partial charge is 0.299 e. The van der Waals surface area contributed by atoms with Gasteiger partial charge in [0, 0.05) is 36.3 Å². The highest BCUT2D eigenvalue weighted by molar-refractivity contribution is 6.04. The monoisotopic (exact) mass is 489 g/mol. The maximum Gasteiger partial charge on any atom is 0.299 e. The van der Waals surface area contributed by atoms with Gasteiger partial charge in [0.1, 0.15) is 11.6 Å². The SMILES string of the molecule is CC#CC(=O)N1CCCC1c1nc(-c2ccc(C(=O)Nc3cc(C#N)ccn3)cc2)c2c(C)nccn12. The lowest BCUT2D eigenvalue weighted by Gasteiger charge is -2.21. The Morgan fingerprint density at radius 1 is 1.14 bits per heavy atom. The summed E-state index contributed by atoms with van der Waals surface area (Å²) in [6, 6.07) is 12.1. The summed E-state index contributed by atoms with van der Waals surface area (Å²) >= 11 is 0. The van der Waals surface area contributed by atoms with Gasteiger partial charge < -0.3 is 10.2 Å². The van der Waals surface area contributed by atoms with Gasteiger partial charge in [0.15, 0.2) is 0 Å². The van der Waals surface area contributed by atoms with Gasteiger partial charge in [0.2, 0.25) is 0 Å². The third kappa shape index (κ3) is 4.51. The molecule has 3 aromatic heterocycles. The van der Waals surface area contributed by atoms with E-state index in [0.717, 1.165) is 41.1 Å². The van der Waals surface area contributed by atoms with Crippen molar-refractivity contribution in [2.24, 2.45) is 0 Å². The van der Waals surface area contributed by atoms with Crippen molar-refractivity contribution in [1.29, 1.82) is 5.26 Å². The average molecular weight is 490 g/mol. The highest BCUT2D eigenvalue weighted by Crippen LogP contribution is 2.35. The van der Waals surface area contributed by atoms with Crippen molar-refractivity contribution in [2.45, 2.75) is 32.7 Å². The molecule has 4 aromatic rings. The molecule has 0 radical (unpaired) electrons. The van der Waals surface area contributed by atoms with E-state index in [-0.39, 0.29) is 17.9 Å². The maximum absolute atomic E-state index is 12.7. The molecular weight excluding hydrogens is 466 g/mol. The summed E-state index contributed by atoms with van der Waals surface area (Å²) in [5.41, 5.74) is 4.08. The van der Waals surface area contributed by atoms with Gasteiger partial charge in [0.25, 0.3) is 11.8 Å². The van der Waals surface area contributed by atoms with Crippen LogP contribution in [0, 0.1) is 30.1 Å². The Kier molecular flexibility index (Phi) is 6.36. The number of imidazole rings is 1. The number of carbonyl (C=O) groups is 2. The van der Waals surface area contributed by atoms with Crippen molar-refractivity contribution in [2.75, 3.05) is 11.9 Å². The number of nitrogens with one attached hydrogen (secondary N) is 1. The molecule has 1 aliphatic rings. The highest BCUT2D eigenvalue weighted by atomic mass is 16.2. The van der Waals surface area contributed by atoms with Crippen LogP contribution in [0.1, 0.15) is 53.2 Å². The molecule has 1 atom stereocenters. The Morgan fingerprint density at radius 2 is 1.95 bits per heavy atom. The van der Waals surface area contributed by atoms with Gasteiger partial charge in [-0.25, -0.2) is 9.97 Å². The van der Waals surface area contributed by atoms with Crippen LogP contribution >= 0.6 is 0 Å². The molecule has 0 spiro atoms. The Hall–Kier alpha value is -5.02. The Labute approximate surface area is 213 Å². The van der Waals surface area contributed by atoms with Gasteiger partial charge in [0.05, 0.1) is 34.6 Å². The van der Waals surface area contributed by atoms with Crippen molar-refractivity contribution in [1.82, 2.24) is 24.3 Å². The van der Waals surface area contributed by atoms with Crippen LogP contribution in [0.15, 0.2) is 55.0 Å². The van der Waals surface area contributed by atoms with Crippen LogP contribution in [0.25, 0.3) is 16.8 Å². The highest BCUT2D eigenvalue weighted by Gasteiger charge is 2.33. The largest absolute Gasteiger partial charge is 0.322 e. The fourth-order valence-electron chi connectivity index (χ4n) is 4.65. The number of rotatable bonds is 4. The molecule has 1 aliphatic heterocycles. The Balaban J connectivity index is 1.48. The number of hydrogen-bond acceptors (Lipinski definition) is 6. The van der Waals surface area contributed by atoms with Crippen molar-refractivity contribution in [3.8, 4) is 29.2 Å². The van der Waals surface area contributed by atoms with Crippen molar-refractivity contribution in [3.63, 3.8) is 0 Å². The molecule has 0 saturated carbocycles. The van der Waals surface area contributed by atoms with Gasteiger partial charge >= 0.3 is 0 Å². The van der Waals surface area contributed by atoms with Crippen LogP contribution in [-0.4, -0.2) is 42.6 Å². The molecule has 182 valence electrons. The second kappa shape index (κ2) is 9.92. The van der Waals surface area contributed by atoms with Crippen LogP contribution in [0.4, 0.5) is 5.82 Å². The van der Waals surface area contributed by atoms with E-state index >= 15 is 0 Å².